The standard InChI is InChI=1S/C12H24N2O3S/c1-14(18(2,16)17)10-12(15)13-11-8-6-4-3-5-7-9-11/h11H,3-10H2,1-2H3,(H,13,15). The van der Waals surface area contributed by atoms with E-state index >= 15 is 0 Å². The Morgan fingerprint density at radius 1 is 1.17 bits per heavy atom. The Labute approximate surface area is 110 Å². The lowest BCUT2D eigenvalue weighted by Gasteiger charge is -2.22. The van der Waals surface area contributed by atoms with Crippen LogP contribution in [0.15, 0.2) is 0 Å². The molecule has 0 radical (unpaired) electrons. The predicted molar refractivity (Wildman–Crippen MR) is 71.7 cm³/mol. The molecule has 0 aromatic rings. The van der Waals surface area contributed by atoms with Crippen molar-refractivity contribution in [1.82, 2.24) is 9.62 Å². The summed E-state index contributed by atoms with van der Waals surface area (Å²) >= 11 is 0. The fourth-order valence-electron chi connectivity index (χ4n) is 2.19. The Morgan fingerprint density at radius 2 is 1.67 bits per heavy atom. The molecule has 0 aromatic carbocycles. The third-order valence-corrected chi connectivity index (χ3v) is 4.66. The van der Waals surface area contributed by atoms with Gasteiger partial charge in [-0.1, -0.05) is 32.1 Å². The quantitative estimate of drug-likeness (QED) is 0.836. The van der Waals surface area contributed by atoms with Crippen LogP contribution in [0.1, 0.15) is 44.9 Å². The van der Waals surface area contributed by atoms with E-state index in [0.29, 0.717) is 0 Å². The van der Waals surface area contributed by atoms with Gasteiger partial charge >= 0.3 is 0 Å². The third kappa shape index (κ3) is 5.82. The first kappa shape index (κ1) is 15.4. The molecule has 0 heterocycles. The molecule has 0 unspecified atom stereocenters. The van der Waals surface area contributed by atoms with Crippen LogP contribution in [-0.4, -0.2) is 44.5 Å². The first-order valence-corrected chi connectivity index (χ1v) is 8.45. The van der Waals surface area contributed by atoms with Gasteiger partial charge in [0.25, 0.3) is 0 Å². The number of rotatable bonds is 4. The molecule has 1 aliphatic carbocycles. The molecule has 1 N–H and O–H groups in total. The summed E-state index contributed by atoms with van der Waals surface area (Å²) in [7, 11) is -1.86. The van der Waals surface area contributed by atoms with Gasteiger partial charge in [0.1, 0.15) is 0 Å². The number of nitrogens with one attached hydrogen (secondary N) is 1. The van der Waals surface area contributed by atoms with Gasteiger partial charge in [-0.25, -0.2) is 8.42 Å². The average Bonchev–Trinajstić information content (AvgIpc) is 2.20. The van der Waals surface area contributed by atoms with Crippen molar-refractivity contribution in [3.63, 3.8) is 0 Å². The van der Waals surface area contributed by atoms with Gasteiger partial charge in [-0.2, -0.15) is 4.31 Å². The Morgan fingerprint density at radius 3 is 2.17 bits per heavy atom. The molecule has 1 saturated carbocycles. The zero-order valence-corrected chi connectivity index (χ0v) is 12.1. The monoisotopic (exact) mass is 276 g/mol. The van der Waals surface area contributed by atoms with Gasteiger partial charge in [-0.05, 0) is 12.8 Å². The number of sulfonamides is 1. The summed E-state index contributed by atoms with van der Waals surface area (Å²) in [5, 5.41) is 2.94. The molecule has 0 saturated heterocycles. The Kier molecular flexibility index (Phi) is 6.08. The Bertz CT molecular complexity index is 360. The first-order chi connectivity index (χ1) is 8.39. The average molecular weight is 276 g/mol. The lowest BCUT2D eigenvalue weighted by molar-refractivity contribution is -0.121. The lowest BCUT2D eigenvalue weighted by Crippen LogP contribution is -2.42. The fraction of sp³-hybridized carbons (Fsp3) is 0.917. The topological polar surface area (TPSA) is 66.5 Å². The Balaban J connectivity index is 2.38. The largest absolute Gasteiger partial charge is 0.352 e. The van der Waals surface area contributed by atoms with Crippen molar-refractivity contribution in [2.24, 2.45) is 0 Å². The minimum absolute atomic E-state index is 0.0880. The van der Waals surface area contributed by atoms with E-state index in [1.165, 1.54) is 26.3 Å². The SMILES string of the molecule is CN(CC(=O)NC1CCCCCCC1)S(C)(=O)=O. The van der Waals surface area contributed by atoms with Crippen LogP contribution in [0.4, 0.5) is 0 Å². The number of nitrogens with zero attached hydrogens (tertiary/aromatic N) is 1. The second kappa shape index (κ2) is 7.09. The first-order valence-electron chi connectivity index (χ1n) is 6.60. The van der Waals surface area contributed by atoms with Crippen LogP contribution in [0, 0.1) is 0 Å². The van der Waals surface area contributed by atoms with Gasteiger partial charge in [0, 0.05) is 13.1 Å². The zero-order chi connectivity index (χ0) is 13.6. The van der Waals surface area contributed by atoms with Crippen molar-refractivity contribution in [3.05, 3.63) is 0 Å². The van der Waals surface area contributed by atoms with E-state index < -0.39 is 10.0 Å². The van der Waals surface area contributed by atoms with Crippen molar-refractivity contribution >= 4 is 15.9 Å². The highest BCUT2D eigenvalue weighted by molar-refractivity contribution is 7.88. The molecule has 0 aromatic heterocycles. The molecule has 0 bridgehead atoms. The van der Waals surface area contributed by atoms with E-state index in [0.717, 1.165) is 36.2 Å². The van der Waals surface area contributed by atoms with Crippen molar-refractivity contribution < 1.29 is 13.2 Å². The lowest BCUT2D eigenvalue weighted by atomic mass is 9.97. The van der Waals surface area contributed by atoms with Crippen molar-refractivity contribution in [3.8, 4) is 0 Å². The predicted octanol–water partition coefficient (Wildman–Crippen LogP) is 1.11. The van der Waals surface area contributed by atoms with E-state index in [4.69, 9.17) is 0 Å². The summed E-state index contributed by atoms with van der Waals surface area (Å²) in [5.74, 6) is -0.200. The molecular weight excluding hydrogens is 252 g/mol. The second-order valence-corrected chi connectivity index (χ2v) is 7.22. The van der Waals surface area contributed by atoms with Crippen molar-refractivity contribution in [2.75, 3.05) is 19.8 Å². The van der Waals surface area contributed by atoms with E-state index in [2.05, 4.69) is 5.32 Å². The van der Waals surface area contributed by atoms with Gasteiger partial charge in [0.05, 0.1) is 12.8 Å². The summed E-state index contributed by atoms with van der Waals surface area (Å²) in [6.07, 6.45) is 9.17. The summed E-state index contributed by atoms with van der Waals surface area (Å²) in [4.78, 5) is 11.7. The van der Waals surface area contributed by atoms with Crippen LogP contribution in [0.25, 0.3) is 0 Å². The van der Waals surface area contributed by atoms with E-state index in [1.54, 1.807) is 0 Å². The number of hydrogen-bond acceptors (Lipinski definition) is 3. The minimum atomic E-state index is -3.28. The summed E-state index contributed by atoms with van der Waals surface area (Å²) in [6, 6.07) is 0.214. The van der Waals surface area contributed by atoms with Gasteiger partial charge in [-0.3, -0.25) is 4.79 Å². The summed E-state index contributed by atoms with van der Waals surface area (Å²) < 4.78 is 23.5. The van der Waals surface area contributed by atoms with Crippen LogP contribution in [0.5, 0.6) is 0 Å². The molecule has 0 spiro atoms. The van der Waals surface area contributed by atoms with Gasteiger partial charge in [-0.15, -0.1) is 0 Å². The maximum Gasteiger partial charge on any atom is 0.235 e. The maximum atomic E-state index is 11.7. The Hall–Kier alpha value is -0.620. The number of carbonyl (C=O) groups is 1. The number of carbonyl (C=O) groups excluding carboxylic acids is 1. The molecule has 0 atom stereocenters. The number of hydrogen-bond donors (Lipinski definition) is 1. The molecule has 1 rings (SSSR count). The van der Waals surface area contributed by atoms with Gasteiger partial charge < -0.3 is 5.32 Å². The minimum Gasteiger partial charge on any atom is -0.352 e. The highest BCUT2D eigenvalue weighted by Gasteiger charge is 2.18. The second-order valence-electron chi connectivity index (χ2n) is 5.13. The molecular formula is C12H24N2O3S. The summed E-state index contributed by atoms with van der Waals surface area (Å²) in [5.41, 5.74) is 0. The highest BCUT2D eigenvalue weighted by atomic mass is 32.2. The zero-order valence-electron chi connectivity index (χ0n) is 11.3. The van der Waals surface area contributed by atoms with E-state index in [9.17, 15) is 13.2 Å². The van der Waals surface area contributed by atoms with Crippen LogP contribution in [0.3, 0.4) is 0 Å². The molecule has 1 aliphatic rings. The maximum absolute atomic E-state index is 11.7. The molecule has 1 amide bonds. The van der Waals surface area contributed by atoms with Crippen LogP contribution < -0.4 is 5.32 Å². The number of amides is 1. The van der Waals surface area contributed by atoms with Gasteiger partial charge in [0.2, 0.25) is 15.9 Å². The molecule has 1 fully saturated rings. The van der Waals surface area contributed by atoms with Crippen molar-refractivity contribution in [1.29, 1.82) is 0 Å². The van der Waals surface area contributed by atoms with Crippen molar-refractivity contribution in [2.45, 2.75) is 51.0 Å². The molecule has 106 valence electrons. The molecule has 18 heavy (non-hydrogen) atoms. The summed E-state index contributed by atoms with van der Waals surface area (Å²) in [6.45, 7) is -0.0880. The molecule has 0 aliphatic heterocycles. The van der Waals surface area contributed by atoms with Crippen LogP contribution in [-0.2, 0) is 14.8 Å². The molecule has 5 nitrogen and oxygen atoms in total. The van der Waals surface area contributed by atoms with E-state index in [1.807, 2.05) is 0 Å². The van der Waals surface area contributed by atoms with Gasteiger partial charge in [0.15, 0.2) is 0 Å². The molecule has 6 heteroatoms. The smallest absolute Gasteiger partial charge is 0.235 e. The third-order valence-electron chi connectivity index (χ3n) is 3.40. The van der Waals surface area contributed by atoms with Crippen LogP contribution in [0.2, 0.25) is 0 Å². The normalized spacial score (nSPS) is 19.3. The van der Waals surface area contributed by atoms with Crippen LogP contribution >= 0.6 is 0 Å². The highest BCUT2D eigenvalue weighted by Crippen LogP contribution is 2.16. The van der Waals surface area contributed by atoms with E-state index in [-0.39, 0.29) is 18.5 Å². The number of likely N-dealkylation sites (N-methyl/N-ethyl adjacent to an activating group) is 1. The fourth-order valence-corrected chi connectivity index (χ4v) is 2.55.